The molecule has 0 radical (unpaired) electrons. The smallest absolute Gasteiger partial charge is 0.250 e. The fourth-order valence-electron chi connectivity index (χ4n) is 2.94. The van der Waals surface area contributed by atoms with Crippen molar-refractivity contribution in [1.29, 1.82) is 0 Å². The normalized spacial score (nSPS) is 12.1. The number of hydrazone groups is 1. The van der Waals surface area contributed by atoms with E-state index in [4.69, 9.17) is 9.47 Å². The standard InChI is InChI=1S/C22H22N6O3S/c1-2-10-28-20(13-23-17-6-4-3-5-7-17)25-27-22(28)32-14-21(29)26-24-12-16-8-9-18-19(11-16)31-15-30-18/h2-9,11-12,23H,1,10,13-15H2,(H,26,29)/b24-12-. The van der Waals surface area contributed by atoms with Crippen molar-refractivity contribution in [2.75, 3.05) is 17.9 Å². The van der Waals surface area contributed by atoms with Crippen LogP contribution in [0, 0.1) is 0 Å². The van der Waals surface area contributed by atoms with Gasteiger partial charge in [-0.15, -0.1) is 16.8 Å². The molecule has 2 N–H and O–H groups in total. The molecule has 4 rings (SSSR count). The highest BCUT2D eigenvalue weighted by atomic mass is 32.2. The van der Waals surface area contributed by atoms with Crippen LogP contribution in [0.3, 0.4) is 0 Å². The molecule has 2 heterocycles. The Labute approximate surface area is 189 Å². The number of carbonyl (C=O) groups excluding carboxylic acids is 1. The van der Waals surface area contributed by atoms with Gasteiger partial charge in [0, 0.05) is 12.2 Å². The summed E-state index contributed by atoms with van der Waals surface area (Å²) in [7, 11) is 0. The van der Waals surface area contributed by atoms with E-state index in [9.17, 15) is 4.79 Å². The molecule has 0 aliphatic carbocycles. The molecule has 9 nitrogen and oxygen atoms in total. The summed E-state index contributed by atoms with van der Waals surface area (Å²) in [5.74, 6) is 2.03. The quantitative estimate of drug-likeness (QED) is 0.212. The van der Waals surface area contributed by atoms with Crippen LogP contribution in [0.25, 0.3) is 0 Å². The lowest BCUT2D eigenvalue weighted by atomic mass is 10.2. The lowest BCUT2D eigenvalue weighted by Crippen LogP contribution is -2.20. The Hall–Kier alpha value is -3.79. The molecule has 1 aliphatic heterocycles. The minimum absolute atomic E-state index is 0.153. The second kappa shape index (κ2) is 10.5. The predicted octanol–water partition coefficient (Wildman–Crippen LogP) is 3.05. The van der Waals surface area contributed by atoms with Gasteiger partial charge in [0.1, 0.15) is 0 Å². The first-order valence-electron chi connectivity index (χ1n) is 9.89. The van der Waals surface area contributed by atoms with Crippen LogP contribution in [0.4, 0.5) is 5.69 Å². The first-order chi connectivity index (χ1) is 15.7. The van der Waals surface area contributed by atoms with E-state index in [0.717, 1.165) is 17.1 Å². The number of carbonyl (C=O) groups is 1. The van der Waals surface area contributed by atoms with E-state index in [-0.39, 0.29) is 18.5 Å². The Balaban J connectivity index is 1.30. The van der Waals surface area contributed by atoms with Gasteiger partial charge < -0.3 is 19.4 Å². The predicted molar refractivity (Wildman–Crippen MR) is 123 cm³/mol. The molecule has 2 aromatic carbocycles. The van der Waals surface area contributed by atoms with E-state index >= 15 is 0 Å². The summed E-state index contributed by atoms with van der Waals surface area (Å²) in [6.45, 7) is 5.07. The number of ether oxygens (including phenoxy) is 2. The SMILES string of the molecule is C=CCn1c(CNc2ccccc2)nnc1SCC(=O)N/N=C\c1ccc2c(c1)OCO2. The molecular weight excluding hydrogens is 428 g/mol. The van der Waals surface area contributed by atoms with Gasteiger partial charge >= 0.3 is 0 Å². The molecule has 0 spiro atoms. The molecule has 164 valence electrons. The van der Waals surface area contributed by atoms with Crippen molar-refractivity contribution in [3.63, 3.8) is 0 Å². The molecule has 0 saturated carbocycles. The number of rotatable bonds is 10. The van der Waals surface area contributed by atoms with Crippen LogP contribution in [0.15, 0.2) is 71.4 Å². The van der Waals surface area contributed by atoms with E-state index in [1.807, 2.05) is 41.0 Å². The molecule has 0 bridgehead atoms. The van der Waals surface area contributed by atoms with E-state index in [2.05, 4.69) is 32.6 Å². The highest BCUT2D eigenvalue weighted by Gasteiger charge is 2.14. The van der Waals surface area contributed by atoms with Crippen molar-refractivity contribution < 1.29 is 14.3 Å². The van der Waals surface area contributed by atoms with Gasteiger partial charge in [-0.2, -0.15) is 5.10 Å². The zero-order valence-electron chi connectivity index (χ0n) is 17.2. The number of nitrogens with one attached hydrogen (secondary N) is 2. The third kappa shape index (κ3) is 5.46. The minimum Gasteiger partial charge on any atom is -0.454 e. The van der Waals surface area contributed by atoms with Crippen LogP contribution in [-0.4, -0.2) is 39.4 Å². The van der Waals surface area contributed by atoms with E-state index in [0.29, 0.717) is 29.7 Å². The molecule has 1 amide bonds. The first-order valence-corrected chi connectivity index (χ1v) is 10.9. The lowest BCUT2D eigenvalue weighted by Gasteiger charge is -2.09. The van der Waals surface area contributed by atoms with Gasteiger partial charge in [-0.25, -0.2) is 5.43 Å². The number of benzene rings is 2. The number of aromatic nitrogens is 3. The van der Waals surface area contributed by atoms with Crippen LogP contribution in [-0.2, 0) is 17.9 Å². The second-order valence-corrected chi connectivity index (χ2v) is 7.65. The molecule has 0 fully saturated rings. The number of anilines is 1. The van der Waals surface area contributed by atoms with Gasteiger partial charge in [-0.1, -0.05) is 36.0 Å². The maximum absolute atomic E-state index is 12.2. The van der Waals surface area contributed by atoms with Gasteiger partial charge in [0.2, 0.25) is 6.79 Å². The Kier molecular flexibility index (Phi) is 7.03. The summed E-state index contributed by atoms with van der Waals surface area (Å²) in [5, 5.41) is 16.4. The Morgan fingerprint density at radius 2 is 2.03 bits per heavy atom. The van der Waals surface area contributed by atoms with Crippen LogP contribution in [0.2, 0.25) is 0 Å². The van der Waals surface area contributed by atoms with E-state index < -0.39 is 0 Å². The minimum atomic E-state index is -0.246. The van der Waals surface area contributed by atoms with Crippen molar-refractivity contribution in [3.05, 3.63) is 72.6 Å². The summed E-state index contributed by atoms with van der Waals surface area (Å²) in [6, 6.07) is 15.3. The number of hydrogen-bond acceptors (Lipinski definition) is 8. The number of amides is 1. The Morgan fingerprint density at radius 1 is 1.19 bits per heavy atom. The molecule has 0 saturated heterocycles. The number of thioether (sulfide) groups is 1. The van der Waals surface area contributed by atoms with Crippen molar-refractivity contribution in [1.82, 2.24) is 20.2 Å². The van der Waals surface area contributed by atoms with Gasteiger partial charge in [-0.3, -0.25) is 4.79 Å². The highest BCUT2D eigenvalue weighted by molar-refractivity contribution is 7.99. The fourth-order valence-corrected chi connectivity index (χ4v) is 3.70. The van der Waals surface area contributed by atoms with E-state index in [1.54, 1.807) is 24.4 Å². The van der Waals surface area contributed by atoms with Crippen molar-refractivity contribution in [2.24, 2.45) is 5.10 Å². The van der Waals surface area contributed by atoms with Crippen LogP contribution < -0.4 is 20.2 Å². The summed E-state index contributed by atoms with van der Waals surface area (Å²) in [5.41, 5.74) is 4.31. The Bertz CT molecular complexity index is 1120. The number of nitrogens with zero attached hydrogens (tertiary/aromatic N) is 4. The zero-order chi connectivity index (χ0) is 22.2. The molecule has 1 aliphatic rings. The van der Waals surface area contributed by atoms with Crippen molar-refractivity contribution in [2.45, 2.75) is 18.2 Å². The van der Waals surface area contributed by atoms with Gasteiger partial charge in [0.15, 0.2) is 22.5 Å². The maximum Gasteiger partial charge on any atom is 0.250 e. The van der Waals surface area contributed by atoms with Gasteiger partial charge in [0.25, 0.3) is 5.91 Å². The maximum atomic E-state index is 12.2. The monoisotopic (exact) mass is 450 g/mol. The number of fused-ring (bicyclic) bond motifs is 1. The molecule has 3 aromatic rings. The summed E-state index contributed by atoms with van der Waals surface area (Å²) in [4.78, 5) is 12.2. The molecule has 10 heteroatoms. The third-order valence-corrected chi connectivity index (χ3v) is 5.43. The molecule has 1 aromatic heterocycles. The summed E-state index contributed by atoms with van der Waals surface area (Å²) < 4.78 is 12.5. The summed E-state index contributed by atoms with van der Waals surface area (Å²) >= 11 is 1.29. The van der Waals surface area contributed by atoms with Gasteiger partial charge in [0.05, 0.1) is 18.5 Å². The lowest BCUT2D eigenvalue weighted by molar-refractivity contribution is -0.118. The van der Waals surface area contributed by atoms with Crippen LogP contribution in [0.1, 0.15) is 11.4 Å². The fraction of sp³-hybridized carbons (Fsp3) is 0.182. The molecular formula is C22H22N6O3S. The zero-order valence-corrected chi connectivity index (χ0v) is 18.0. The average Bonchev–Trinajstić information content (AvgIpc) is 3.44. The van der Waals surface area contributed by atoms with Crippen molar-refractivity contribution >= 4 is 29.6 Å². The molecule has 32 heavy (non-hydrogen) atoms. The molecule has 0 atom stereocenters. The van der Waals surface area contributed by atoms with Crippen molar-refractivity contribution in [3.8, 4) is 11.5 Å². The van der Waals surface area contributed by atoms with Crippen LogP contribution in [0.5, 0.6) is 11.5 Å². The van der Waals surface area contributed by atoms with Crippen LogP contribution >= 0.6 is 11.8 Å². The number of para-hydroxylation sites is 1. The second-order valence-electron chi connectivity index (χ2n) is 6.71. The largest absolute Gasteiger partial charge is 0.454 e. The average molecular weight is 451 g/mol. The topological polar surface area (TPSA) is 103 Å². The van der Waals surface area contributed by atoms with E-state index in [1.165, 1.54) is 11.8 Å². The first kappa shape index (κ1) is 21.4. The Morgan fingerprint density at radius 3 is 2.88 bits per heavy atom. The third-order valence-electron chi connectivity index (χ3n) is 4.46. The van der Waals surface area contributed by atoms with Gasteiger partial charge in [-0.05, 0) is 35.9 Å². The molecule has 0 unspecified atom stereocenters. The summed E-state index contributed by atoms with van der Waals surface area (Å²) in [6.07, 6.45) is 3.33. The highest BCUT2D eigenvalue weighted by Crippen LogP contribution is 2.31. The number of allylic oxidation sites excluding steroid dienone is 1. The number of hydrogen-bond donors (Lipinski definition) is 2.